The SMILES string of the molecule is N#Cc1ccc(NCc2ccccc2Cl)c([N+](=O)[O-])c1. The van der Waals surface area contributed by atoms with Crippen molar-refractivity contribution in [1.29, 1.82) is 5.26 Å². The van der Waals surface area contributed by atoms with E-state index in [1.54, 1.807) is 6.07 Å². The Morgan fingerprint density at radius 3 is 2.70 bits per heavy atom. The van der Waals surface area contributed by atoms with Gasteiger partial charge in [0.1, 0.15) is 5.69 Å². The summed E-state index contributed by atoms with van der Waals surface area (Å²) in [4.78, 5) is 10.5. The van der Waals surface area contributed by atoms with Gasteiger partial charge in [0.2, 0.25) is 0 Å². The zero-order chi connectivity index (χ0) is 14.5. The van der Waals surface area contributed by atoms with Crippen molar-refractivity contribution in [2.24, 2.45) is 0 Å². The molecule has 5 nitrogen and oxygen atoms in total. The van der Waals surface area contributed by atoms with E-state index in [1.165, 1.54) is 18.2 Å². The highest BCUT2D eigenvalue weighted by atomic mass is 35.5. The summed E-state index contributed by atoms with van der Waals surface area (Å²) in [6, 6.07) is 13.4. The lowest BCUT2D eigenvalue weighted by Crippen LogP contribution is -2.03. The number of nitrogens with zero attached hydrogens (tertiary/aromatic N) is 2. The first-order chi connectivity index (χ1) is 9.61. The van der Waals surface area contributed by atoms with E-state index < -0.39 is 4.92 Å². The number of nitrogens with one attached hydrogen (secondary N) is 1. The number of nitriles is 1. The monoisotopic (exact) mass is 287 g/mol. The zero-order valence-electron chi connectivity index (χ0n) is 10.3. The van der Waals surface area contributed by atoms with Crippen molar-refractivity contribution in [1.82, 2.24) is 0 Å². The van der Waals surface area contributed by atoms with Crippen LogP contribution in [0.2, 0.25) is 5.02 Å². The van der Waals surface area contributed by atoms with Crippen LogP contribution in [0.3, 0.4) is 0 Å². The summed E-state index contributed by atoms with van der Waals surface area (Å²) in [7, 11) is 0. The number of nitro groups is 1. The number of anilines is 1. The normalized spacial score (nSPS) is 9.80. The number of nitro benzene ring substituents is 1. The molecule has 2 aromatic carbocycles. The average molecular weight is 288 g/mol. The molecule has 0 amide bonds. The van der Waals surface area contributed by atoms with Crippen molar-refractivity contribution >= 4 is 23.0 Å². The molecule has 1 N–H and O–H groups in total. The van der Waals surface area contributed by atoms with Crippen molar-refractivity contribution < 1.29 is 4.92 Å². The molecule has 2 rings (SSSR count). The maximum Gasteiger partial charge on any atom is 0.293 e. The van der Waals surface area contributed by atoms with Crippen molar-refractivity contribution in [2.75, 3.05) is 5.32 Å². The molecular formula is C14H10ClN3O2. The minimum atomic E-state index is -0.518. The van der Waals surface area contributed by atoms with Gasteiger partial charge in [0, 0.05) is 17.6 Å². The fourth-order valence-electron chi connectivity index (χ4n) is 1.73. The first-order valence-corrected chi connectivity index (χ1v) is 6.15. The fourth-order valence-corrected chi connectivity index (χ4v) is 1.94. The van der Waals surface area contributed by atoms with Gasteiger partial charge in [-0.25, -0.2) is 0 Å². The lowest BCUT2D eigenvalue weighted by atomic mass is 10.1. The molecule has 0 fully saturated rings. The zero-order valence-corrected chi connectivity index (χ0v) is 11.1. The van der Waals surface area contributed by atoms with Gasteiger partial charge in [0.15, 0.2) is 0 Å². The topological polar surface area (TPSA) is 79.0 Å². The molecule has 0 saturated heterocycles. The van der Waals surface area contributed by atoms with Crippen LogP contribution in [0.1, 0.15) is 11.1 Å². The standard InChI is InChI=1S/C14H10ClN3O2/c15-12-4-2-1-3-11(12)9-17-13-6-5-10(8-16)7-14(13)18(19)20/h1-7,17H,9H2. The lowest BCUT2D eigenvalue weighted by molar-refractivity contribution is -0.384. The molecule has 0 spiro atoms. The molecule has 0 aromatic heterocycles. The minimum Gasteiger partial charge on any atom is -0.375 e. The van der Waals surface area contributed by atoms with Gasteiger partial charge >= 0.3 is 0 Å². The molecule has 0 aliphatic heterocycles. The van der Waals surface area contributed by atoms with Gasteiger partial charge in [-0.1, -0.05) is 29.8 Å². The fraction of sp³-hybridized carbons (Fsp3) is 0.0714. The van der Waals surface area contributed by atoms with E-state index in [1.807, 2.05) is 24.3 Å². The van der Waals surface area contributed by atoms with Crippen LogP contribution in [0.4, 0.5) is 11.4 Å². The molecule has 0 heterocycles. The Morgan fingerprint density at radius 1 is 1.30 bits per heavy atom. The summed E-state index contributed by atoms with van der Waals surface area (Å²) in [5.74, 6) is 0. The molecular weight excluding hydrogens is 278 g/mol. The first-order valence-electron chi connectivity index (χ1n) is 5.77. The minimum absolute atomic E-state index is 0.129. The molecule has 20 heavy (non-hydrogen) atoms. The van der Waals surface area contributed by atoms with Gasteiger partial charge in [-0.3, -0.25) is 10.1 Å². The predicted octanol–water partition coefficient (Wildman–Crippen LogP) is 3.73. The quantitative estimate of drug-likeness (QED) is 0.686. The third-order valence-corrected chi connectivity index (χ3v) is 3.12. The van der Waals surface area contributed by atoms with E-state index in [9.17, 15) is 10.1 Å². The smallest absolute Gasteiger partial charge is 0.293 e. The molecule has 100 valence electrons. The van der Waals surface area contributed by atoms with Gasteiger partial charge in [0.25, 0.3) is 5.69 Å². The van der Waals surface area contributed by atoms with E-state index in [-0.39, 0.29) is 11.3 Å². The third kappa shape index (κ3) is 3.05. The highest BCUT2D eigenvalue weighted by Gasteiger charge is 2.14. The highest BCUT2D eigenvalue weighted by molar-refractivity contribution is 6.31. The second-order valence-electron chi connectivity index (χ2n) is 4.05. The molecule has 0 saturated carbocycles. The molecule has 0 atom stereocenters. The number of hydrogen-bond donors (Lipinski definition) is 1. The third-order valence-electron chi connectivity index (χ3n) is 2.75. The largest absolute Gasteiger partial charge is 0.375 e. The van der Waals surface area contributed by atoms with Crippen LogP contribution in [0.15, 0.2) is 42.5 Å². The van der Waals surface area contributed by atoms with Crippen LogP contribution in [0.25, 0.3) is 0 Å². The van der Waals surface area contributed by atoms with Crippen LogP contribution >= 0.6 is 11.6 Å². The van der Waals surface area contributed by atoms with Crippen molar-refractivity contribution in [3.05, 3.63) is 68.7 Å². The van der Waals surface area contributed by atoms with Gasteiger partial charge in [-0.2, -0.15) is 5.26 Å². The van der Waals surface area contributed by atoms with Gasteiger partial charge < -0.3 is 5.32 Å². The van der Waals surface area contributed by atoms with Crippen LogP contribution in [0.5, 0.6) is 0 Å². The van der Waals surface area contributed by atoms with E-state index in [2.05, 4.69) is 5.32 Å². The second kappa shape index (κ2) is 6.04. The maximum absolute atomic E-state index is 11.0. The highest BCUT2D eigenvalue weighted by Crippen LogP contribution is 2.26. The maximum atomic E-state index is 11.0. The summed E-state index contributed by atoms with van der Waals surface area (Å²) >= 11 is 6.02. The van der Waals surface area contributed by atoms with Gasteiger partial charge in [-0.15, -0.1) is 0 Å². The Kier molecular flexibility index (Phi) is 4.18. The number of halogens is 1. The second-order valence-corrected chi connectivity index (χ2v) is 4.45. The van der Waals surface area contributed by atoms with Crippen LogP contribution in [-0.2, 0) is 6.54 Å². The molecule has 0 bridgehead atoms. The molecule has 0 radical (unpaired) electrons. The number of hydrogen-bond acceptors (Lipinski definition) is 4. The summed E-state index contributed by atoms with van der Waals surface area (Å²) in [6.07, 6.45) is 0. The number of rotatable bonds is 4. The summed E-state index contributed by atoms with van der Waals surface area (Å²) < 4.78 is 0. The Hall–Kier alpha value is -2.58. The van der Waals surface area contributed by atoms with E-state index >= 15 is 0 Å². The average Bonchev–Trinajstić information content (AvgIpc) is 2.46. The van der Waals surface area contributed by atoms with Crippen molar-refractivity contribution in [2.45, 2.75) is 6.54 Å². The summed E-state index contributed by atoms with van der Waals surface area (Å²) in [6.45, 7) is 0.367. The van der Waals surface area contributed by atoms with E-state index in [0.717, 1.165) is 5.56 Å². The van der Waals surface area contributed by atoms with Gasteiger partial charge in [-0.05, 0) is 23.8 Å². The Bertz CT molecular complexity index is 695. The van der Waals surface area contributed by atoms with Crippen molar-refractivity contribution in [3.8, 4) is 6.07 Å². The number of benzene rings is 2. The van der Waals surface area contributed by atoms with Crippen molar-refractivity contribution in [3.63, 3.8) is 0 Å². The molecule has 0 unspecified atom stereocenters. The molecule has 0 aliphatic carbocycles. The van der Waals surface area contributed by atoms with E-state index in [0.29, 0.717) is 17.3 Å². The van der Waals surface area contributed by atoms with Crippen LogP contribution in [0, 0.1) is 21.4 Å². The molecule has 6 heteroatoms. The molecule has 2 aromatic rings. The Morgan fingerprint density at radius 2 is 2.05 bits per heavy atom. The van der Waals surface area contributed by atoms with Crippen LogP contribution < -0.4 is 5.32 Å². The first kappa shape index (κ1) is 13.8. The van der Waals surface area contributed by atoms with Crippen LogP contribution in [-0.4, -0.2) is 4.92 Å². The predicted molar refractivity (Wildman–Crippen MR) is 76.6 cm³/mol. The summed E-state index contributed by atoms with van der Waals surface area (Å²) in [5.41, 5.74) is 1.32. The van der Waals surface area contributed by atoms with E-state index in [4.69, 9.17) is 16.9 Å². The Labute approximate surface area is 120 Å². The Balaban J connectivity index is 2.24. The lowest BCUT2D eigenvalue weighted by Gasteiger charge is -2.08. The molecule has 0 aliphatic rings. The summed E-state index contributed by atoms with van der Waals surface area (Å²) in [5, 5.41) is 23.3. The van der Waals surface area contributed by atoms with Gasteiger partial charge in [0.05, 0.1) is 16.6 Å².